The summed E-state index contributed by atoms with van der Waals surface area (Å²) in [6.45, 7) is 0. The normalized spacial score (nSPS) is 22.7. The Morgan fingerprint density at radius 3 is 2.44 bits per heavy atom. The van der Waals surface area contributed by atoms with E-state index < -0.39 is 6.04 Å². The molecule has 7 nitrogen and oxygen atoms in total. The molecule has 2 aromatic carbocycles. The van der Waals surface area contributed by atoms with E-state index in [0.717, 1.165) is 36.7 Å². The second-order valence-electron chi connectivity index (χ2n) is 9.04. The third-order valence-electron chi connectivity index (χ3n) is 7.19. The molecule has 166 valence electrons. The van der Waals surface area contributed by atoms with E-state index in [0.29, 0.717) is 23.6 Å². The number of aromatic nitrogens is 2. The largest absolute Gasteiger partial charge is 0.328 e. The molecule has 1 saturated heterocycles. The van der Waals surface area contributed by atoms with Gasteiger partial charge in [-0.1, -0.05) is 31.0 Å². The van der Waals surface area contributed by atoms with Crippen molar-refractivity contribution in [1.82, 2.24) is 14.0 Å². The number of amides is 2. The number of rotatable bonds is 3. The van der Waals surface area contributed by atoms with E-state index >= 15 is 0 Å². The fraction of sp³-hybridized carbons (Fsp3) is 0.400. The third kappa shape index (κ3) is 3.32. The van der Waals surface area contributed by atoms with Gasteiger partial charge in [-0.15, -0.1) is 0 Å². The highest BCUT2D eigenvalue weighted by molar-refractivity contribution is 6.02. The van der Waals surface area contributed by atoms with Crippen molar-refractivity contribution < 1.29 is 9.59 Å². The second kappa shape index (κ2) is 7.97. The van der Waals surface area contributed by atoms with Gasteiger partial charge in [0, 0.05) is 31.4 Å². The number of benzene rings is 2. The number of aryl methyl sites for hydroxylation is 2. The summed E-state index contributed by atoms with van der Waals surface area (Å²) in [7, 11) is 3.45. The van der Waals surface area contributed by atoms with Crippen LogP contribution >= 0.6 is 0 Å². The fourth-order valence-corrected chi connectivity index (χ4v) is 5.53. The van der Waals surface area contributed by atoms with Gasteiger partial charge in [0.15, 0.2) is 0 Å². The number of carbonyl (C=O) groups is 2. The van der Waals surface area contributed by atoms with Crippen LogP contribution in [0, 0.1) is 5.92 Å². The minimum absolute atomic E-state index is 0.0685. The lowest BCUT2D eigenvalue weighted by atomic mass is 9.84. The predicted molar refractivity (Wildman–Crippen MR) is 124 cm³/mol. The average molecular weight is 433 g/mol. The molecular weight excluding hydrogens is 404 g/mol. The molecule has 7 heteroatoms. The molecular formula is C25H28N4O3. The maximum Gasteiger partial charge on any atom is 0.328 e. The number of likely N-dealkylation sites (tertiary alicyclic amines) is 1. The molecule has 5 rings (SSSR count). The van der Waals surface area contributed by atoms with Crippen LogP contribution in [-0.2, 0) is 18.9 Å². The quantitative estimate of drug-likeness (QED) is 0.690. The molecule has 3 unspecified atom stereocenters. The molecule has 2 aliphatic rings. The Bertz CT molecular complexity index is 1240. The number of nitrogens with one attached hydrogen (secondary N) is 1. The Kier molecular flexibility index (Phi) is 5.12. The van der Waals surface area contributed by atoms with E-state index in [1.54, 1.807) is 23.2 Å². The SMILES string of the molecule is Cn1c(=O)n(C)c2cc(NC(=O)C3CC4CCCCC4N3C(=O)c3ccccc3)ccc21. The van der Waals surface area contributed by atoms with Crippen molar-refractivity contribution in [3.05, 3.63) is 64.6 Å². The summed E-state index contributed by atoms with van der Waals surface area (Å²) in [6.07, 6.45) is 4.95. The van der Waals surface area contributed by atoms with Crippen molar-refractivity contribution in [2.75, 3.05) is 5.32 Å². The molecule has 3 aromatic rings. The first-order valence-electron chi connectivity index (χ1n) is 11.3. The molecule has 1 N–H and O–H groups in total. The molecule has 2 amide bonds. The lowest BCUT2D eigenvalue weighted by Gasteiger charge is -2.33. The molecule has 3 atom stereocenters. The van der Waals surface area contributed by atoms with Crippen molar-refractivity contribution in [3.8, 4) is 0 Å². The van der Waals surface area contributed by atoms with Gasteiger partial charge in [0.25, 0.3) is 5.91 Å². The second-order valence-corrected chi connectivity index (χ2v) is 9.04. The molecule has 32 heavy (non-hydrogen) atoms. The smallest absolute Gasteiger partial charge is 0.324 e. The lowest BCUT2D eigenvalue weighted by molar-refractivity contribution is -0.120. The number of anilines is 1. The van der Waals surface area contributed by atoms with Crippen molar-refractivity contribution in [1.29, 1.82) is 0 Å². The number of hydrogen-bond acceptors (Lipinski definition) is 3. The highest BCUT2D eigenvalue weighted by Gasteiger charge is 2.47. The lowest BCUT2D eigenvalue weighted by Crippen LogP contribution is -2.47. The highest BCUT2D eigenvalue weighted by Crippen LogP contribution is 2.41. The summed E-state index contributed by atoms with van der Waals surface area (Å²) < 4.78 is 3.16. The van der Waals surface area contributed by atoms with Crippen LogP contribution < -0.4 is 11.0 Å². The van der Waals surface area contributed by atoms with Gasteiger partial charge in [-0.2, -0.15) is 0 Å². The van der Waals surface area contributed by atoms with Crippen molar-refractivity contribution >= 4 is 28.5 Å². The topological polar surface area (TPSA) is 76.3 Å². The van der Waals surface area contributed by atoms with Gasteiger partial charge in [0.05, 0.1) is 11.0 Å². The number of carbonyl (C=O) groups excluding carboxylic acids is 2. The molecule has 1 aliphatic heterocycles. The summed E-state index contributed by atoms with van der Waals surface area (Å²) >= 11 is 0. The van der Waals surface area contributed by atoms with Gasteiger partial charge < -0.3 is 10.2 Å². The van der Waals surface area contributed by atoms with Crippen molar-refractivity contribution in [2.24, 2.45) is 20.0 Å². The van der Waals surface area contributed by atoms with Crippen molar-refractivity contribution in [2.45, 2.75) is 44.2 Å². The van der Waals surface area contributed by atoms with Crippen LogP contribution in [0.1, 0.15) is 42.5 Å². The third-order valence-corrected chi connectivity index (χ3v) is 7.19. The van der Waals surface area contributed by atoms with Crippen LogP contribution in [0.5, 0.6) is 0 Å². The summed E-state index contributed by atoms with van der Waals surface area (Å²) in [6, 6.07) is 14.3. The Balaban J connectivity index is 1.44. The number of nitrogens with zero attached hydrogens (tertiary/aromatic N) is 3. The first kappa shape index (κ1) is 20.5. The molecule has 0 spiro atoms. The maximum atomic E-state index is 13.4. The zero-order valence-corrected chi connectivity index (χ0v) is 18.5. The van der Waals surface area contributed by atoms with E-state index in [1.807, 2.05) is 53.4 Å². The van der Waals surface area contributed by atoms with E-state index in [4.69, 9.17) is 0 Å². The van der Waals surface area contributed by atoms with Crippen LogP contribution in [-0.4, -0.2) is 37.9 Å². The monoisotopic (exact) mass is 432 g/mol. The van der Waals surface area contributed by atoms with Gasteiger partial charge in [0.2, 0.25) is 5.91 Å². The highest BCUT2D eigenvalue weighted by atomic mass is 16.2. The van der Waals surface area contributed by atoms with Crippen LogP contribution in [0.4, 0.5) is 5.69 Å². The molecule has 1 aliphatic carbocycles. The van der Waals surface area contributed by atoms with Crippen molar-refractivity contribution in [3.63, 3.8) is 0 Å². The molecule has 0 bridgehead atoms. The van der Waals surface area contributed by atoms with Gasteiger partial charge in [-0.3, -0.25) is 18.7 Å². The maximum absolute atomic E-state index is 13.4. The molecule has 0 radical (unpaired) electrons. The van der Waals surface area contributed by atoms with Crippen LogP contribution in [0.3, 0.4) is 0 Å². The van der Waals surface area contributed by atoms with Crippen LogP contribution in [0.25, 0.3) is 11.0 Å². The summed E-state index contributed by atoms with van der Waals surface area (Å²) in [5.74, 6) is 0.134. The van der Waals surface area contributed by atoms with Gasteiger partial charge in [0.1, 0.15) is 6.04 Å². The number of hydrogen-bond donors (Lipinski definition) is 1. The van der Waals surface area contributed by atoms with E-state index in [9.17, 15) is 14.4 Å². The van der Waals surface area contributed by atoms with Crippen LogP contribution in [0.15, 0.2) is 53.3 Å². The Hall–Kier alpha value is -3.35. The summed E-state index contributed by atoms with van der Waals surface area (Å²) in [5.41, 5.74) is 2.71. The zero-order chi connectivity index (χ0) is 22.4. The minimum Gasteiger partial charge on any atom is -0.324 e. The average Bonchev–Trinajstić information content (AvgIpc) is 3.31. The number of imidazole rings is 1. The Labute approximate surface area is 186 Å². The van der Waals surface area contributed by atoms with E-state index in [-0.39, 0.29) is 23.5 Å². The van der Waals surface area contributed by atoms with Gasteiger partial charge in [-0.05, 0) is 55.5 Å². The molecule has 1 aromatic heterocycles. The number of fused-ring (bicyclic) bond motifs is 2. The molecule has 2 heterocycles. The van der Waals surface area contributed by atoms with Gasteiger partial charge in [-0.25, -0.2) is 4.79 Å². The predicted octanol–water partition coefficient (Wildman–Crippen LogP) is 3.29. The van der Waals surface area contributed by atoms with Crippen LogP contribution in [0.2, 0.25) is 0 Å². The van der Waals surface area contributed by atoms with E-state index in [1.165, 1.54) is 0 Å². The van der Waals surface area contributed by atoms with Gasteiger partial charge >= 0.3 is 5.69 Å². The molecule has 1 saturated carbocycles. The zero-order valence-electron chi connectivity index (χ0n) is 18.5. The Morgan fingerprint density at radius 2 is 1.66 bits per heavy atom. The summed E-state index contributed by atoms with van der Waals surface area (Å²) in [4.78, 5) is 40.9. The first-order chi connectivity index (χ1) is 15.5. The fourth-order valence-electron chi connectivity index (χ4n) is 5.53. The first-order valence-corrected chi connectivity index (χ1v) is 11.3. The summed E-state index contributed by atoms with van der Waals surface area (Å²) in [5, 5.41) is 3.02. The standard InChI is InChI=1S/C25H28N4O3/c1-27-20-13-12-18(15-21(20)28(2)25(27)32)26-23(30)22-14-17-10-6-7-11-19(17)29(22)24(31)16-8-4-3-5-9-16/h3-5,8-9,12-13,15,17,19,22H,6-7,10-11,14H2,1-2H3,(H,26,30). The van der Waals surface area contributed by atoms with E-state index in [2.05, 4.69) is 5.32 Å². The minimum atomic E-state index is -0.494. The molecule has 2 fully saturated rings. The Morgan fingerprint density at radius 1 is 0.938 bits per heavy atom.